The lowest BCUT2D eigenvalue weighted by atomic mass is 10.2. The molecule has 5 heteroatoms. The number of imide groups is 1. The van der Waals surface area contributed by atoms with Gasteiger partial charge in [-0.3, -0.25) is 14.5 Å². The number of nitrogens with zero attached hydrogens (tertiary/aromatic N) is 2. The van der Waals surface area contributed by atoms with E-state index in [0.29, 0.717) is 19.6 Å². The van der Waals surface area contributed by atoms with Crippen molar-refractivity contribution in [2.24, 2.45) is 0 Å². The minimum atomic E-state index is -0.405. The summed E-state index contributed by atoms with van der Waals surface area (Å²) >= 11 is 0. The van der Waals surface area contributed by atoms with Gasteiger partial charge >= 0.3 is 6.03 Å². The Morgan fingerprint density at radius 1 is 1.24 bits per heavy atom. The molecule has 0 aliphatic carbocycles. The van der Waals surface area contributed by atoms with E-state index in [1.54, 1.807) is 0 Å². The summed E-state index contributed by atoms with van der Waals surface area (Å²) < 4.78 is 0. The van der Waals surface area contributed by atoms with E-state index >= 15 is 0 Å². The van der Waals surface area contributed by atoms with Gasteiger partial charge in [0, 0.05) is 13.5 Å². The fourth-order valence-corrected chi connectivity index (χ4v) is 1.58. The normalized spacial score (nSPS) is 16.5. The Bertz CT molecular complexity index is 419. The first-order valence-electron chi connectivity index (χ1n) is 5.43. The molecule has 1 aromatic carbocycles. The van der Waals surface area contributed by atoms with Gasteiger partial charge in [-0.05, 0) is 5.56 Å². The van der Waals surface area contributed by atoms with Crippen molar-refractivity contribution in [3.05, 3.63) is 35.9 Å². The first kappa shape index (κ1) is 11.6. The fraction of sp³-hybridized carbons (Fsp3) is 0.333. The van der Waals surface area contributed by atoms with Crippen molar-refractivity contribution in [3.63, 3.8) is 0 Å². The van der Waals surface area contributed by atoms with Gasteiger partial charge < -0.3 is 0 Å². The lowest BCUT2D eigenvalue weighted by Gasteiger charge is -2.30. The Morgan fingerprint density at radius 2 is 1.94 bits per heavy atom. The summed E-state index contributed by atoms with van der Waals surface area (Å²) in [5, 5.41) is 1.23. The minimum absolute atomic E-state index is 0.172. The smallest absolute Gasteiger partial charge is 0.274 e. The number of hydroxylamine groups is 2. The minimum Gasteiger partial charge on any atom is -0.274 e. The second-order valence-corrected chi connectivity index (χ2v) is 3.85. The number of benzene rings is 1. The predicted octanol–water partition coefficient (Wildman–Crippen LogP) is 1.40. The van der Waals surface area contributed by atoms with Crippen LogP contribution in [0.15, 0.2) is 30.3 Å². The summed E-state index contributed by atoms with van der Waals surface area (Å²) in [7, 11) is 1.46. The highest BCUT2D eigenvalue weighted by Crippen LogP contribution is 2.11. The quantitative estimate of drug-likeness (QED) is 0.794. The van der Waals surface area contributed by atoms with Crippen LogP contribution in [0.4, 0.5) is 4.79 Å². The van der Waals surface area contributed by atoms with Gasteiger partial charge in [0.15, 0.2) is 0 Å². The van der Waals surface area contributed by atoms with Gasteiger partial charge in [-0.15, -0.1) is 0 Å². The maximum absolute atomic E-state index is 11.7. The number of urea groups is 1. The van der Waals surface area contributed by atoms with Crippen LogP contribution in [0, 0.1) is 0 Å². The van der Waals surface area contributed by atoms with Gasteiger partial charge in [0.2, 0.25) is 5.91 Å². The molecule has 1 fully saturated rings. The zero-order valence-electron chi connectivity index (χ0n) is 9.63. The second-order valence-electron chi connectivity index (χ2n) is 3.85. The summed E-state index contributed by atoms with van der Waals surface area (Å²) in [6.07, 6.45) is 0.303. The van der Waals surface area contributed by atoms with Crippen molar-refractivity contribution in [1.82, 2.24) is 9.96 Å². The Morgan fingerprint density at radius 3 is 2.65 bits per heavy atom. The Labute approximate surface area is 99.5 Å². The SMILES string of the molecule is CN1C(=O)CCN(OCc2ccccc2)C1=O. The molecule has 0 saturated carbocycles. The molecule has 0 unspecified atom stereocenters. The van der Waals surface area contributed by atoms with Crippen LogP contribution in [0.5, 0.6) is 0 Å². The van der Waals surface area contributed by atoms with Crippen LogP contribution in [0.3, 0.4) is 0 Å². The first-order valence-corrected chi connectivity index (χ1v) is 5.43. The van der Waals surface area contributed by atoms with E-state index < -0.39 is 6.03 Å². The Hall–Kier alpha value is -1.88. The third-order valence-corrected chi connectivity index (χ3v) is 2.63. The Balaban J connectivity index is 1.92. The molecule has 1 aliphatic heterocycles. The highest BCUT2D eigenvalue weighted by molar-refractivity contribution is 5.95. The van der Waals surface area contributed by atoms with Crippen molar-refractivity contribution in [2.45, 2.75) is 13.0 Å². The molecule has 1 aromatic rings. The topological polar surface area (TPSA) is 49.9 Å². The zero-order chi connectivity index (χ0) is 12.3. The molecule has 3 amide bonds. The molecule has 2 rings (SSSR count). The van der Waals surface area contributed by atoms with Crippen LogP contribution in [0.1, 0.15) is 12.0 Å². The van der Waals surface area contributed by atoms with Crippen LogP contribution >= 0.6 is 0 Å². The van der Waals surface area contributed by atoms with Gasteiger partial charge in [0.1, 0.15) is 6.61 Å². The lowest BCUT2D eigenvalue weighted by Crippen LogP contribution is -2.50. The number of amides is 3. The third-order valence-electron chi connectivity index (χ3n) is 2.63. The highest BCUT2D eigenvalue weighted by atomic mass is 16.7. The van der Waals surface area contributed by atoms with E-state index in [4.69, 9.17) is 4.84 Å². The van der Waals surface area contributed by atoms with E-state index in [9.17, 15) is 9.59 Å². The highest BCUT2D eigenvalue weighted by Gasteiger charge is 2.29. The molecule has 5 nitrogen and oxygen atoms in total. The number of rotatable bonds is 3. The average molecular weight is 234 g/mol. The predicted molar refractivity (Wildman–Crippen MR) is 60.7 cm³/mol. The largest absolute Gasteiger partial charge is 0.350 e. The van der Waals surface area contributed by atoms with Crippen molar-refractivity contribution < 1.29 is 14.4 Å². The van der Waals surface area contributed by atoms with Crippen LogP contribution in [0.2, 0.25) is 0 Å². The van der Waals surface area contributed by atoms with Crippen molar-refractivity contribution in [1.29, 1.82) is 0 Å². The summed E-state index contributed by atoms with van der Waals surface area (Å²) in [6.45, 7) is 0.642. The van der Waals surface area contributed by atoms with Gasteiger partial charge in [-0.2, -0.15) is 0 Å². The van der Waals surface area contributed by atoms with Gasteiger partial charge in [0.25, 0.3) is 0 Å². The number of hydrogen-bond acceptors (Lipinski definition) is 3. The molecule has 0 atom stereocenters. The van der Waals surface area contributed by atoms with Crippen molar-refractivity contribution in [3.8, 4) is 0 Å². The van der Waals surface area contributed by atoms with E-state index in [2.05, 4.69) is 0 Å². The molecule has 17 heavy (non-hydrogen) atoms. The number of hydrogen-bond donors (Lipinski definition) is 0. The number of carbonyl (C=O) groups is 2. The first-order chi connectivity index (χ1) is 8.18. The molecule has 0 spiro atoms. The molecular weight excluding hydrogens is 220 g/mol. The standard InChI is InChI=1S/C12H14N2O3/c1-13-11(15)7-8-14(12(13)16)17-9-10-5-3-2-4-6-10/h2-6H,7-9H2,1H3. The zero-order valence-corrected chi connectivity index (χ0v) is 9.63. The van der Waals surface area contributed by atoms with E-state index in [0.717, 1.165) is 10.5 Å². The van der Waals surface area contributed by atoms with Crippen molar-refractivity contribution in [2.75, 3.05) is 13.6 Å². The Kier molecular flexibility index (Phi) is 3.39. The van der Waals surface area contributed by atoms with Gasteiger partial charge in [-0.25, -0.2) is 9.86 Å². The van der Waals surface area contributed by atoms with Crippen molar-refractivity contribution >= 4 is 11.9 Å². The van der Waals surface area contributed by atoms with Crippen LogP contribution < -0.4 is 0 Å². The molecule has 1 heterocycles. The fourth-order valence-electron chi connectivity index (χ4n) is 1.58. The van der Waals surface area contributed by atoms with Gasteiger partial charge in [-0.1, -0.05) is 30.3 Å². The second kappa shape index (κ2) is 4.97. The monoisotopic (exact) mass is 234 g/mol. The molecule has 90 valence electrons. The van der Waals surface area contributed by atoms with Crippen LogP contribution in [-0.2, 0) is 16.2 Å². The summed E-state index contributed by atoms with van der Waals surface area (Å²) in [6, 6.07) is 9.17. The third kappa shape index (κ3) is 2.62. The lowest BCUT2D eigenvalue weighted by molar-refractivity contribution is -0.159. The van der Waals surface area contributed by atoms with Crippen LogP contribution in [0.25, 0.3) is 0 Å². The molecule has 0 aromatic heterocycles. The molecule has 1 aliphatic rings. The maximum Gasteiger partial charge on any atom is 0.350 e. The molecule has 1 saturated heterocycles. The molecule has 0 N–H and O–H groups in total. The van der Waals surface area contributed by atoms with E-state index in [1.165, 1.54) is 12.1 Å². The van der Waals surface area contributed by atoms with Crippen LogP contribution in [-0.4, -0.2) is 35.5 Å². The molecule has 0 radical (unpaired) electrons. The van der Waals surface area contributed by atoms with E-state index in [-0.39, 0.29) is 5.91 Å². The summed E-state index contributed by atoms with van der Waals surface area (Å²) in [5.74, 6) is -0.172. The maximum atomic E-state index is 11.7. The molecule has 0 bridgehead atoms. The average Bonchev–Trinajstić information content (AvgIpc) is 2.36. The molecular formula is C12H14N2O3. The van der Waals surface area contributed by atoms with Gasteiger partial charge in [0.05, 0.1) is 6.54 Å². The van der Waals surface area contributed by atoms with E-state index in [1.807, 2.05) is 30.3 Å². The number of carbonyl (C=O) groups excluding carboxylic acids is 2. The summed E-state index contributed by atoms with van der Waals surface area (Å²) in [4.78, 5) is 29.4. The summed E-state index contributed by atoms with van der Waals surface area (Å²) in [5.41, 5.74) is 0.986.